The molecule has 1 saturated carbocycles. The Morgan fingerprint density at radius 3 is 2.82 bits per heavy atom. The second kappa shape index (κ2) is 2.23. The van der Waals surface area contributed by atoms with Crippen molar-refractivity contribution in [3.8, 4) is 0 Å². The molecule has 1 N–H and O–H groups in total. The van der Waals surface area contributed by atoms with Crippen molar-refractivity contribution in [3.05, 3.63) is 0 Å². The summed E-state index contributed by atoms with van der Waals surface area (Å²) < 4.78 is 0. The summed E-state index contributed by atoms with van der Waals surface area (Å²) in [4.78, 5) is 10.9. The van der Waals surface area contributed by atoms with Crippen LogP contribution in [0.1, 0.15) is 32.6 Å². The van der Waals surface area contributed by atoms with Crippen LogP contribution < -0.4 is 5.32 Å². The normalized spacial score (nSPS) is 37.4. The van der Waals surface area contributed by atoms with Gasteiger partial charge in [-0.05, 0) is 17.8 Å². The summed E-state index contributed by atoms with van der Waals surface area (Å²) >= 11 is 0. The number of carbonyl (C=O) groups excluding carboxylic acids is 1. The topological polar surface area (TPSA) is 29.1 Å². The van der Waals surface area contributed by atoms with Crippen molar-refractivity contribution in [2.24, 2.45) is 11.3 Å². The molecule has 1 unspecified atom stereocenters. The first kappa shape index (κ1) is 7.14. The molecule has 1 atom stereocenters. The van der Waals surface area contributed by atoms with Crippen LogP contribution in [0.5, 0.6) is 0 Å². The van der Waals surface area contributed by atoms with Crippen LogP contribution in [0.3, 0.4) is 0 Å². The molecule has 1 amide bonds. The van der Waals surface area contributed by atoms with E-state index in [9.17, 15) is 4.79 Å². The maximum atomic E-state index is 10.9. The lowest BCUT2D eigenvalue weighted by molar-refractivity contribution is -0.119. The maximum Gasteiger partial charge on any atom is 0.220 e. The van der Waals surface area contributed by atoms with E-state index in [4.69, 9.17) is 0 Å². The fourth-order valence-corrected chi connectivity index (χ4v) is 1.99. The standard InChI is InChI=1S/C9H15NO/c1-9(4-7-2-3-7)5-8(11)10-6-9/h7H,2-6H2,1H3,(H,10,11). The van der Waals surface area contributed by atoms with Crippen molar-refractivity contribution in [2.75, 3.05) is 6.54 Å². The van der Waals surface area contributed by atoms with Crippen LogP contribution >= 0.6 is 0 Å². The largest absolute Gasteiger partial charge is 0.356 e. The van der Waals surface area contributed by atoms with Crippen molar-refractivity contribution >= 4 is 5.91 Å². The van der Waals surface area contributed by atoms with E-state index in [0.29, 0.717) is 0 Å². The zero-order chi connectivity index (χ0) is 7.90. The van der Waals surface area contributed by atoms with Crippen LogP contribution in [0.2, 0.25) is 0 Å². The Hall–Kier alpha value is -0.530. The van der Waals surface area contributed by atoms with Gasteiger partial charge in [-0.15, -0.1) is 0 Å². The van der Waals surface area contributed by atoms with Gasteiger partial charge in [-0.3, -0.25) is 4.79 Å². The van der Waals surface area contributed by atoms with Crippen LogP contribution in [0.15, 0.2) is 0 Å². The Kier molecular flexibility index (Phi) is 1.44. The number of nitrogens with one attached hydrogen (secondary N) is 1. The Morgan fingerprint density at radius 2 is 2.36 bits per heavy atom. The van der Waals surface area contributed by atoms with Gasteiger partial charge in [0.05, 0.1) is 0 Å². The molecule has 2 aliphatic rings. The van der Waals surface area contributed by atoms with Gasteiger partial charge in [0.15, 0.2) is 0 Å². The molecule has 1 heterocycles. The molecule has 2 rings (SSSR count). The highest BCUT2D eigenvalue weighted by Crippen LogP contribution is 2.42. The van der Waals surface area contributed by atoms with Crippen LogP contribution in [0, 0.1) is 11.3 Å². The molecule has 0 aromatic carbocycles. The molecule has 0 radical (unpaired) electrons. The third-order valence-corrected chi connectivity index (χ3v) is 2.78. The maximum absolute atomic E-state index is 10.9. The second-order valence-corrected chi connectivity index (χ2v) is 4.41. The average Bonchev–Trinajstić information content (AvgIpc) is 2.62. The molecule has 2 fully saturated rings. The lowest BCUT2D eigenvalue weighted by Crippen LogP contribution is -2.20. The first-order chi connectivity index (χ1) is 5.18. The van der Waals surface area contributed by atoms with Gasteiger partial charge in [0.1, 0.15) is 0 Å². The number of carbonyl (C=O) groups is 1. The minimum absolute atomic E-state index is 0.244. The zero-order valence-corrected chi connectivity index (χ0v) is 7.02. The van der Waals surface area contributed by atoms with E-state index < -0.39 is 0 Å². The Bertz CT molecular complexity index is 186. The minimum atomic E-state index is 0.244. The quantitative estimate of drug-likeness (QED) is 0.636. The molecule has 62 valence electrons. The minimum Gasteiger partial charge on any atom is -0.356 e. The van der Waals surface area contributed by atoms with E-state index in [-0.39, 0.29) is 11.3 Å². The van der Waals surface area contributed by atoms with Gasteiger partial charge in [-0.25, -0.2) is 0 Å². The molecule has 0 aromatic rings. The molecule has 2 heteroatoms. The van der Waals surface area contributed by atoms with Crippen molar-refractivity contribution < 1.29 is 4.79 Å². The van der Waals surface area contributed by atoms with Crippen LogP contribution in [0.4, 0.5) is 0 Å². The lowest BCUT2D eigenvalue weighted by Gasteiger charge is -2.20. The van der Waals surface area contributed by atoms with E-state index in [0.717, 1.165) is 18.9 Å². The number of hydrogen-bond donors (Lipinski definition) is 1. The van der Waals surface area contributed by atoms with Gasteiger partial charge in [0, 0.05) is 13.0 Å². The van der Waals surface area contributed by atoms with Gasteiger partial charge in [-0.2, -0.15) is 0 Å². The Balaban J connectivity index is 1.92. The summed E-state index contributed by atoms with van der Waals surface area (Å²) in [5.41, 5.74) is 0.290. The first-order valence-corrected chi connectivity index (χ1v) is 4.45. The van der Waals surface area contributed by atoms with Crippen LogP contribution in [0.25, 0.3) is 0 Å². The molecular weight excluding hydrogens is 138 g/mol. The number of rotatable bonds is 2. The summed E-state index contributed by atoms with van der Waals surface area (Å²) in [6.07, 6.45) is 4.79. The molecule has 1 aliphatic carbocycles. The molecule has 0 aromatic heterocycles. The van der Waals surface area contributed by atoms with E-state index >= 15 is 0 Å². The third-order valence-electron chi connectivity index (χ3n) is 2.78. The first-order valence-electron chi connectivity index (χ1n) is 4.45. The molecule has 1 aliphatic heterocycles. The van der Waals surface area contributed by atoms with Crippen molar-refractivity contribution in [1.82, 2.24) is 5.32 Å². The fraction of sp³-hybridized carbons (Fsp3) is 0.889. The Morgan fingerprint density at radius 1 is 1.64 bits per heavy atom. The highest BCUT2D eigenvalue weighted by atomic mass is 16.1. The van der Waals surface area contributed by atoms with Gasteiger partial charge in [0.25, 0.3) is 0 Å². The van der Waals surface area contributed by atoms with Crippen molar-refractivity contribution in [2.45, 2.75) is 32.6 Å². The van der Waals surface area contributed by atoms with Gasteiger partial charge in [0.2, 0.25) is 5.91 Å². The molecule has 0 bridgehead atoms. The summed E-state index contributed by atoms with van der Waals surface area (Å²) in [7, 11) is 0. The SMILES string of the molecule is CC1(CC2CC2)CNC(=O)C1. The number of amides is 1. The van der Waals surface area contributed by atoms with E-state index in [1.54, 1.807) is 0 Å². The Labute approximate surface area is 67.4 Å². The summed E-state index contributed by atoms with van der Waals surface area (Å²) in [5.74, 6) is 1.18. The highest BCUT2D eigenvalue weighted by molar-refractivity contribution is 5.79. The van der Waals surface area contributed by atoms with Gasteiger partial charge >= 0.3 is 0 Å². The second-order valence-electron chi connectivity index (χ2n) is 4.41. The molecule has 2 nitrogen and oxygen atoms in total. The summed E-state index contributed by atoms with van der Waals surface area (Å²) in [6.45, 7) is 3.13. The molecule has 1 saturated heterocycles. The molecular formula is C9H15NO. The monoisotopic (exact) mass is 153 g/mol. The molecule has 11 heavy (non-hydrogen) atoms. The summed E-state index contributed by atoms with van der Waals surface area (Å²) in [5, 5.41) is 2.90. The fourth-order valence-electron chi connectivity index (χ4n) is 1.99. The van der Waals surface area contributed by atoms with Gasteiger partial charge < -0.3 is 5.32 Å². The van der Waals surface area contributed by atoms with E-state index in [1.807, 2.05) is 0 Å². The molecule has 0 spiro atoms. The lowest BCUT2D eigenvalue weighted by atomic mass is 9.84. The van der Waals surface area contributed by atoms with Crippen molar-refractivity contribution in [1.29, 1.82) is 0 Å². The average molecular weight is 153 g/mol. The predicted molar refractivity (Wildman–Crippen MR) is 43.1 cm³/mol. The van der Waals surface area contributed by atoms with Gasteiger partial charge in [-0.1, -0.05) is 19.8 Å². The van der Waals surface area contributed by atoms with E-state index in [1.165, 1.54) is 19.3 Å². The van der Waals surface area contributed by atoms with Crippen LogP contribution in [-0.2, 0) is 4.79 Å². The smallest absolute Gasteiger partial charge is 0.220 e. The van der Waals surface area contributed by atoms with E-state index in [2.05, 4.69) is 12.2 Å². The number of hydrogen-bond acceptors (Lipinski definition) is 1. The van der Waals surface area contributed by atoms with Crippen molar-refractivity contribution in [3.63, 3.8) is 0 Å². The predicted octanol–water partition coefficient (Wildman–Crippen LogP) is 1.31. The zero-order valence-electron chi connectivity index (χ0n) is 7.02. The summed E-state index contributed by atoms with van der Waals surface area (Å²) in [6, 6.07) is 0. The van der Waals surface area contributed by atoms with Crippen LogP contribution in [-0.4, -0.2) is 12.5 Å². The third kappa shape index (κ3) is 1.55. The highest BCUT2D eigenvalue weighted by Gasteiger charge is 2.38.